The Morgan fingerprint density at radius 2 is 1.86 bits per heavy atom. The number of fused-ring (bicyclic) bond motifs is 1. The standard InChI is InChI=1S/C38H43ClFN3O5S/c1-38(2,3)24-43-31-16-15-26(39)20-29(31)35(48-33(37(43)45)21-34(44)42-22-25-10-5-6-13-30(25)40)28-12-7-14-32(36(28)46-4)47-18-9-17-41-23-27-11-8-19-49-27/h5-8,10-16,19-20,33,35,41H,9,17-18,21-24H2,1-4H3,(H,42,44). The monoisotopic (exact) mass is 707 g/mol. The van der Waals surface area contributed by atoms with Crippen LogP contribution in [-0.4, -0.2) is 44.7 Å². The number of nitrogens with zero attached hydrogens (tertiary/aromatic N) is 1. The Kier molecular flexibility index (Phi) is 12.3. The van der Waals surface area contributed by atoms with Crippen molar-refractivity contribution in [3.05, 3.63) is 111 Å². The first kappa shape index (κ1) is 36.3. The second-order valence-corrected chi connectivity index (χ2v) is 14.6. The molecular formula is C38H43ClFN3O5S. The van der Waals surface area contributed by atoms with Crippen LogP contribution in [0.2, 0.25) is 5.02 Å². The van der Waals surface area contributed by atoms with E-state index in [-0.39, 0.29) is 24.3 Å². The summed E-state index contributed by atoms with van der Waals surface area (Å²) in [6.45, 7) is 8.51. The summed E-state index contributed by atoms with van der Waals surface area (Å²) in [6, 6.07) is 21.3. The van der Waals surface area contributed by atoms with Gasteiger partial charge < -0.3 is 29.7 Å². The van der Waals surface area contributed by atoms with Gasteiger partial charge in [-0.05, 0) is 60.2 Å². The van der Waals surface area contributed by atoms with Gasteiger partial charge in [-0.1, -0.05) is 68.8 Å². The molecule has 0 saturated carbocycles. The molecule has 2 heterocycles. The van der Waals surface area contributed by atoms with Crippen LogP contribution in [0.4, 0.5) is 10.1 Å². The minimum Gasteiger partial charge on any atom is -0.492 e. The van der Waals surface area contributed by atoms with Crippen molar-refractivity contribution in [1.29, 1.82) is 0 Å². The number of hydrogen-bond acceptors (Lipinski definition) is 7. The minimum atomic E-state index is -1.16. The number of carbonyl (C=O) groups is 2. The van der Waals surface area contributed by atoms with Crippen molar-refractivity contribution in [2.75, 3.05) is 31.7 Å². The Bertz CT molecular complexity index is 1730. The molecule has 4 aromatic rings. The van der Waals surface area contributed by atoms with Crippen LogP contribution in [0.25, 0.3) is 0 Å². The fourth-order valence-corrected chi connectivity index (χ4v) is 6.59. The Balaban J connectivity index is 1.42. The summed E-state index contributed by atoms with van der Waals surface area (Å²) in [4.78, 5) is 30.6. The number of thiophene rings is 1. The highest BCUT2D eigenvalue weighted by Crippen LogP contribution is 2.45. The second-order valence-electron chi connectivity index (χ2n) is 13.1. The molecule has 5 rings (SSSR count). The lowest BCUT2D eigenvalue weighted by atomic mass is 9.94. The van der Waals surface area contributed by atoms with E-state index in [1.165, 1.54) is 10.9 Å². The first-order chi connectivity index (χ1) is 23.5. The molecule has 0 radical (unpaired) electrons. The van der Waals surface area contributed by atoms with Gasteiger partial charge in [0.1, 0.15) is 18.0 Å². The van der Waals surface area contributed by atoms with Gasteiger partial charge in [0.15, 0.2) is 11.5 Å². The summed E-state index contributed by atoms with van der Waals surface area (Å²) < 4.78 is 33.0. The average molecular weight is 708 g/mol. The lowest BCUT2D eigenvalue weighted by molar-refractivity contribution is -0.138. The molecule has 1 aliphatic rings. The lowest BCUT2D eigenvalue weighted by Crippen LogP contribution is -2.45. The molecule has 49 heavy (non-hydrogen) atoms. The smallest absolute Gasteiger partial charge is 0.256 e. The maximum atomic E-state index is 14.3. The molecule has 0 saturated heterocycles. The summed E-state index contributed by atoms with van der Waals surface area (Å²) in [5.41, 5.74) is 1.98. The number of halogens is 2. The molecule has 2 unspecified atom stereocenters. The van der Waals surface area contributed by atoms with Crippen molar-refractivity contribution in [2.24, 2.45) is 5.41 Å². The molecule has 8 nitrogen and oxygen atoms in total. The largest absolute Gasteiger partial charge is 0.492 e. The number of methoxy groups -OCH3 is 1. The number of hydrogen-bond donors (Lipinski definition) is 2. The summed E-state index contributed by atoms with van der Waals surface area (Å²) >= 11 is 8.28. The van der Waals surface area contributed by atoms with Gasteiger partial charge in [0.2, 0.25) is 5.91 Å². The second kappa shape index (κ2) is 16.6. The molecule has 0 fully saturated rings. The number of nitrogens with one attached hydrogen (secondary N) is 2. The normalized spacial score (nSPS) is 16.2. The summed E-state index contributed by atoms with van der Waals surface area (Å²) in [7, 11) is 1.56. The van der Waals surface area contributed by atoms with Gasteiger partial charge in [0.25, 0.3) is 5.91 Å². The number of amides is 2. The maximum Gasteiger partial charge on any atom is 0.256 e. The third-order valence-corrected chi connectivity index (χ3v) is 9.08. The lowest BCUT2D eigenvalue weighted by Gasteiger charge is -2.31. The van der Waals surface area contributed by atoms with Gasteiger partial charge in [-0.25, -0.2) is 4.39 Å². The van der Waals surface area contributed by atoms with E-state index < -0.39 is 23.9 Å². The van der Waals surface area contributed by atoms with E-state index in [4.69, 9.17) is 25.8 Å². The van der Waals surface area contributed by atoms with Gasteiger partial charge in [-0.2, -0.15) is 0 Å². The van der Waals surface area contributed by atoms with Crippen LogP contribution in [0.15, 0.2) is 78.2 Å². The van der Waals surface area contributed by atoms with Crippen LogP contribution < -0.4 is 25.0 Å². The molecule has 2 amide bonds. The molecule has 1 aliphatic heterocycles. The van der Waals surface area contributed by atoms with Gasteiger partial charge in [0.05, 0.1) is 20.1 Å². The average Bonchev–Trinajstić information content (AvgIpc) is 3.56. The molecule has 0 bridgehead atoms. The van der Waals surface area contributed by atoms with E-state index in [9.17, 15) is 14.0 Å². The fourth-order valence-electron chi connectivity index (χ4n) is 5.73. The summed E-state index contributed by atoms with van der Waals surface area (Å²) in [5.74, 6) is -0.228. The first-order valence-electron chi connectivity index (χ1n) is 16.3. The molecule has 2 atom stereocenters. The molecule has 3 aromatic carbocycles. The van der Waals surface area contributed by atoms with E-state index in [0.29, 0.717) is 52.1 Å². The predicted octanol–water partition coefficient (Wildman–Crippen LogP) is 7.68. The zero-order valence-corrected chi connectivity index (χ0v) is 29.8. The summed E-state index contributed by atoms with van der Waals surface area (Å²) in [6.07, 6.45) is -1.50. The molecule has 2 N–H and O–H groups in total. The van der Waals surface area contributed by atoms with Crippen molar-refractivity contribution >= 4 is 40.4 Å². The topological polar surface area (TPSA) is 89.1 Å². The first-order valence-corrected chi connectivity index (χ1v) is 17.6. The van der Waals surface area contributed by atoms with Crippen molar-refractivity contribution < 1.29 is 28.2 Å². The van der Waals surface area contributed by atoms with E-state index in [2.05, 4.69) is 22.1 Å². The van der Waals surface area contributed by atoms with Crippen LogP contribution in [0.5, 0.6) is 11.5 Å². The highest BCUT2D eigenvalue weighted by Gasteiger charge is 2.40. The number of rotatable bonds is 14. The van der Waals surface area contributed by atoms with Gasteiger partial charge in [0, 0.05) is 51.9 Å². The Hall–Kier alpha value is -3.96. The van der Waals surface area contributed by atoms with Crippen LogP contribution in [0, 0.1) is 11.2 Å². The molecule has 11 heteroatoms. The van der Waals surface area contributed by atoms with Crippen molar-refractivity contribution in [3.63, 3.8) is 0 Å². The molecule has 1 aromatic heterocycles. The highest BCUT2D eigenvalue weighted by atomic mass is 35.5. The van der Waals surface area contributed by atoms with Crippen LogP contribution in [0.3, 0.4) is 0 Å². The molecule has 0 aliphatic carbocycles. The number of ether oxygens (including phenoxy) is 3. The quantitative estimate of drug-likeness (QED) is 0.131. The third kappa shape index (κ3) is 9.60. The van der Waals surface area contributed by atoms with Gasteiger partial charge in [-0.3, -0.25) is 9.59 Å². The molecular weight excluding hydrogens is 665 g/mol. The maximum absolute atomic E-state index is 14.3. The van der Waals surface area contributed by atoms with Crippen molar-refractivity contribution in [3.8, 4) is 11.5 Å². The zero-order chi connectivity index (χ0) is 35.0. The van der Waals surface area contributed by atoms with Crippen molar-refractivity contribution in [1.82, 2.24) is 10.6 Å². The van der Waals surface area contributed by atoms with E-state index in [1.807, 2.05) is 51.1 Å². The van der Waals surface area contributed by atoms with E-state index in [0.717, 1.165) is 19.5 Å². The Morgan fingerprint density at radius 3 is 2.59 bits per heavy atom. The SMILES string of the molecule is COc1c(OCCCNCc2cccs2)cccc1C1OC(CC(=O)NCc2ccccc2F)C(=O)N(CC(C)(C)C)c2ccc(Cl)cc21. The number of benzene rings is 3. The predicted molar refractivity (Wildman–Crippen MR) is 192 cm³/mol. The molecule has 0 spiro atoms. The van der Waals surface area contributed by atoms with E-state index >= 15 is 0 Å². The minimum absolute atomic E-state index is 0.0197. The number of para-hydroxylation sites is 1. The summed E-state index contributed by atoms with van der Waals surface area (Å²) in [5, 5.41) is 8.72. The zero-order valence-electron chi connectivity index (χ0n) is 28.3. The van der Waals surface area contributed by atoms with Gasteiger partial charge >= 0.3 is 0 Å². The Morgan fingerprint density at radius 1 is 1.04 bits per heavy atom. The number of anilines is 1. The third-order valence-electron chi connectivity index (χ3n) is 7.97. The fraction of sp³-hybridized carbons (Fsp3) is 0.368. The highest BCUT2D eigenvalue weighted by molar-refractivity contribution is 7.09. The molecule has 260 valence electrons. The number of carbonyl (C=O) groups excluding carboxylic acids is 2. The Labute approximate surface area is 296 Å². The van der Waals surface area contributed by atoms with Crippen molar-refractivity contribution in [2.45, 2.75) is 58.9 Å². The van der Waals surface area contributed by atoms with Crippen LogP contribution in [0.1, 0.15) is 61.3 Å². The van der Waals surface area contributed by atoms with Gasteiger partial charge in [-0.15, -0.1) is 11.3 Å². The van der Waals surface area contributed by atoms with Crippen LogP contribution in [-0.2, 0) is 27.4 Å². The van der Waals surface area contributed by atoms with Crippen LogP contribution >= 0.6 is 22.9 Å². The van der Waals surface area contributed by atoms with E-state index in [1.54, 1.807) is 53.7 Å².